The number of carbonyl (C=O) groups excluding carboxylic acids is 1. The molecule has 1 atom stereocenters. The summed E-state index contributed by atoms with van der Waals surface area (Å²) in [5.41, 5.74) is 0. The molecule has 5 nitrogen and oxygen atoms in total. The van der Waals surface area contributed by atoms with Crippen molar-refractivity contribution in [3.63, 3.8) is 0 Å². The number of rotatable bonds is 4. The number of aliphatic hydroxyl groups excluding tert-OH is 1. The number of aliphatic carboxylic acids is 1. The highest BCUT2D eigenvalue weighted by Crippen LogP contribution is 1.85. The largest absolute Gasteiger partial charge is 0.547 e. The molecule has 1 unspecified atom stereocenters. The smallest absolute Gasteiger partial charge is 0.243 e. The van der Waals surface area contributed by atoms with Crippen molar-refractivity contribution in [3.8, 4) is 0 Å². The van der Waals surface area contributed by atoms with Crippen molar-refractivity contribution in [2.24, 2.45) is 7.05 Å². The van der Waals surface area contributed by atoms with Crippen molar-refractivity contribution in [2.45, 2.75) is 39.3 Å². The maximum absolute atomic E-state index is 9.34. The first-order chi connectivity index (χ1) is 7.47. The summed E-state index contributed by atoms with van der Waals surface area (Å²) in [6.45, 7) is 4.50. The zero-order valence-corrected chi connectivity index (χ0v) is 10.1. The van der Waals surface area contributed by atoms with Crippen LogP contribution in [-0.4, -0.2) is 21.7 Å². The first-order valence-electron chi connectivity index (χ1n) is 5.37. The van der Waals surface area contributed by atoms with Crippen LogP contribution in [0.1, 0.15) is 26.7 Å². The lowest BCUT2D eigenvalue weighted by Gasteiger charge is -2.00. The second-order valence-corrected chi connectivity index (χ2v) is 3.67. The van der Waals surface area contributed by atoms with Crippen LogP contribution in [0.5, 0.6) is 0 Å². The van der Waals surface area contributed by atoms with Gasteiger partial charge >= 0.3 is 0 Å². The average Bonchev–Trinajstić information content (AvgIpc) is 2.62. The molecule has 0 amide bonds. The van der Waals surface area contributed by atoms with Crippen LogP contribution < -0.4 is 9.67 Å². The molecular weight excluding hydrogens is 208 g/mol. The number of hydrogen-bond donors (Lipinski definition) is 1. The number of aliphatic hydroxyl groups is 1. The van der Waals surface area contributed by atoms with E-state index in [2.05, 4.69) is 34.8 Å². The molecule has 1 heterocycles. The van der Waals surface area contributed by atoms with E-state index in [0.29, 0.717) is 0 Å². The number of carboxylic acid groups (broad SMARTS) is 1. The summed E-state index contributed by atoms with van der Waals surface area (Å²) in [5.74, 6) is -1.44. The highest BCUT2D eigenvalue weighted by molar-refractivity contribution is 5.68. The van der Waals surface area contributed by atoms with Crippen LogP contribution in [0.25, 0.3) is 0 Å². The number of hydrogen-bond acceptors (Lipinski definition) is 3. The van der Waals surface area contributed by atoms with E-state index in [1.54, 1.807) is 0 Å². The third-order valence-corrected chi connectivity index (χ3v) is 1.93. The van der Waals surface area contributed by atoms with Gasteiger partial charge in [-0.25, -0.2) is 9.13 Å². The van der Waals surface area contributed by atoms with Crippen molar-refractivity contribution in [2.75, 3.05) is 0 Å². The maximum atomic E-state index is 9.34. The molecule has 0 spiro atoms. The average molecular weight is 228 g/mol. The minimum atomic E-state index is -1.44. The lowest BCUT2D eigenvalue weighted by atomic mass is 10.3. The van der Waals surface area contributed by atoms with Gasteiger partial charge in [-0.3, -0.25) is 0 Å². The summed E-state index contributed by atoms with van der Waals surface area (Å²) >= 11 is 0. The molecule has 0 saturated carbocycles. The molecular formula is C11H20N2O3. The molecule has 0 saturated heterocycles. The predicted molar refractivity (Wildman–Crippen MR) is 57.2 cm³/mol. The van der Waals surface area contributed by atoms with Crippen LogP contribution in [0.3, 0.4) is 0 Å². The van der Waals surface area contributed by atoms with Gasteiger partial charge in [0.05, 0.1) is 25.7 Å². The van der Waals surface area contributed by atoms with Crippen LogP contribution >= 0.6 is 0 Å². The summed E-state index contributed by atoms with van der Waals surface area (Å²) < 4.78 is 4.28. The first kappa shape index (κ1) is 14.6. The third-order valence-electron chi connectivity index (χ3n) is 1.93. The molecule has 0 aliphatic carbocycles. The summed E-state index contributed by atoms with van der Waals surface area (Å²) in [4.78, 5) is 9.34. The van der Waals surface area contributed by atoms with Gasteiger partial charge in [0.25, 0.3) is 0 Å². The lowest BCUT2D eigenvalue weighted by molar-refractivity contribution is -0.696. The highest BCUT2D eigenvalue weighted by atomic mass is 16.4. The van der Waals surface area contributed by atoms with Crippen LogP contribution in [0.2, 0.25) is 0 Å². The van der Waals surface area contributed by atoms with Gasteiger partial charge in [0.2, 0.25) is 6.33 Å². The van der Waals surface area contributed by atoms with Gasteiger partial charge in [-0.1, -0.05) is 13.3 Å². The first-order valence-corrected chi connectivity index (χ1v) is 5.37. The summed E-state index contributed by atoms with van der Waals surface area (Å²) in [6.07, 6.45) is 7.47. The topological polar surface area (TPSA) is 69.2 Å². The second-order valence-electron chi connectivity index (χ2n) is 3.67. The van der Waals surface area contributed by atoms with E-state index in [1.165, 1.54) is 12.8 Å². The SMILES string of the molecule is CC(O)C(=O)[O-].CCCC[n+]1ccn(C)c1. The standard InChI is InChI=1S/C8H15N2.C3H6O3/c1-3-4-5-10-7-6-9(2)8-10;1-2(4)3(5)6/h6-8H,3-5H2,1-2H3;2,4H,1H3,(H,5,6)/q+1;/p-1. The minimum Gasteiger partial charge on any atom is -0.547 e. The quantitative estimate of drug-likeness (QED) is 0.688. The van der Waals surface area contributed by atoms with Crippen molar-refractivity contribution in [1.82, 2.24) is 4.57 Å². The highest BCUT2D eigenvalue weighted by Gasteiger charge is 1.96. The Bertz CT molecular complexity index is 308. The fourth-order valence-electron chi connectivity index (χ4n) is 0.975. The number of carbonyl (C=O) groups is 1. The molecule has 0 aromatic carbocycles. The Morgan fingerprint density at radius 1 is 1.62 bits per heavy atom. The van der Waals surface area contributed by atoms with E-state index < -0.39 is 12.1 Å². The van der Waals surface area contributed by atoms with Crippen molar-refractivity contribution in [1.29, 1.82) is 0 Å². The molecule has 5 heteroatoms. The van der Waals surface area contributed by atoms with Crippen molar-refractivity contribution < 1.29 is 19.6 Å². The van der Waals surface area contributed by atoms with Gasteiger partial charge < -0.3 is 15.0 Å². The van der Waals surface area contributed by atoms with E-state index in [4.69, 9.17) is 5.11 Å². The number of imidazole rings is 1. The Labute approximate surface area is 96.0 Å². The minimum absolute atomic E-state index is 1.13. The van der Waals surface area contributed by atoms with Crippen LogP contribution in [-0.2, 0) is 18.4 Å². The lowest BCUT2D eigenvalue weighted by Crippen LogP contribution is -2.32. The van der Waals surface area contributed by atoms with Crippen LogP contribution in [0.15, 0.2) is 18.7 Å². The van der Waals surface area contributed by atoms with E-state index >= 15 is 0 Å². The number of aryl methyl sites for hydroxylation is 2. The Morgan fingerprint density at radius 3 is 2.50 bits per heavy atom. The van der Waals surface area contributed by atoms with Gasteiger partial charge in [-0.05, 0) is 13.3 Å². The number of aromatic nitrogens is 2. The summed E-state index contributed by atoms with van der Waals surface area (Å²) in [5, 5.41) is 17.3. The molecule has 1 aromatic rings. The Kier molecular flexibility index (Phi) is 7.20. The fourth-order valence-corrected chi connectivity index (χ4v) is 0.975. The van der Waals surface area contributed by atoms with Crippen molar-refractivity contribution in [3.05, 3.63) is 18.7 Å². The zero-order chi connectivity index (χ0) is 12.6. The molecule has 92 valence electrons. The van der Waals surface area contributed by atoms with Gasteiger partial charge in [0.1, 0.15) is 12.4 Å². The predicted octanol–water partition coefficient (Wildman–Crippen LogP) is -0.770. The molecule has 0 fully saturated rings. The second kappa shape index (κ2) is 7.87. The normalized spacial score (nSPS) is 11.5. The Morgan fingerprint density at radius 2 is 2.19 bits per heavy atom. The van der Waals surface area contributed by atoms with Crippen molar-refractivity contribution >= 4 is 5.97 Å². The van der Waals surface area contributed by atoms with E-state index in [0.717, 1.165) is 13.5 Å². The molecule has 0 aliphatic heterocycles. The van der Waals surface area contributed by atoms with Gasteiger partial charge in [-0.2, -0.15) is 0 Å². The molecule has 1 rings (SSSR count). The molecule has 0 aliphatic rings. The summed E-state index contributed by atoms with van der Waals surface area (Å²) in [7, 11) is 2.04. The third kappa shape index (κ3) is 7.00. The molecule has 0 bridgehead atoms. The fraction of sp³-hybridized carbons (Fsp3) is 0.636. The molecule has 1 aromatic heterocycles. The molecule has 0 radical (unpaired) electrons. The zero-order valence-electron chi connectivity index (χ0n) is 10.1. The monoisotopic (exact) mass is 228 g/mol. The number of carboxylic acids is 1. The summed E-state index contributed by atoms with van der Waals surface area (Å²) in [6, 6.07) is 0. The van der Waals surface area contributed by atoms with E-state index in [9.17, 15) is 9.90 Å². The molecule has 1 N–H and O–H groups in total. The van der Waals surface area contributed by atoms with Gasteiger partial charge in [0.15, 0.2) is 0 Å². The Hall–Kier alpha value is -1.36. The number of unbranched alkanes of at least 4 members (excludes halogenated alkanes) is 1. The Balaban J connectivity index is 0.000000325. The van der Waals surface area contributed by atoms with Crippen LogP contribution in [0, 0.1) is 0 Å². The van der Waals surface area contributed by atoms with Gasteiger partial charge in [0, 0.05) is 0 Å². The van der Waals surface area contributed by atoms with E-state index in [-0.39, 0.29) is 0 Å². The maximum Gasteiger partial charge on any atom is 0.243 e. The molecule has 16 heavy (non-hydrogen) atoms. The van der Waals surface area contributed by atoms with Crippen LogP contribution in [0.4, 0.5) is 0 Å². The number of nitrogens with zero attached hydrogens (tertiary/aromatic N) is 2. The van der Waals surface area contributed by atoms with Gasteiger partial charge in [-0.15, -0.1) is 0 Å². The van der Waals surface area contributed by atoms with E-state index in [1.807, 2.05) is 7.05 Å².